The molecule has 0 bridgehead atoms. The van der Waals surface area contributed by atoms with Crippen molar-refractivity contribution in [3.05, 3.63) is 65.5 Å². The smallest absolute Gasteiger partial charge is 0.251 e. The second-order valence-corrected chi connectivity index (χ2v) is 4.29. The number of benzene rings is 2. The summed E-state index contributed by atoms with van der Waals surface area (Å²) >= 11 is 0. The maximum absolute atomic E-state index is 12.8. The van der Waals surface area contributed by atoms with Crippen molar-refractivity contribution in [2.24, 2.45) is 0 Å². The summed E-state index contributed by atoms with van der Waals surface area (Å²) < 4.78 is 12.8. The third-order valence-electron chi connectivity index (χ3n) is 2.85. The van der Waals surface area contributed by atoms with E-state index < -0.39 is 0 Å². The first kappa shape index (κ1) is 13.1. The molecule has 19 heavy (non-hydrogen) atoms. The van der Waals surface area contributed by atoms with Crippen LogP contribution in [0.2, 0.25) is 0 Å². The van der Waals surface area contributed by atoms with E-state index in [2.05, 4.69) is 5.32 Å². The van der Waals surface area contributed by atoms with Gasteiger partial charge in [0.2, 0.25) is 0 Å². The molecule has 2 rings (SSSR count). The van der Waals surface area contributed by atoms with Crippen LogP contribution >= 0.6 is 0 Å². The first-order chi connectivity index (χ1) is 9.06. The van der Waals surface area contributed by atoms with Gasteiger partial charge in [0.05, 0.1) is 6.04 Å². The average Bonchev–Trinajstić information content (AvgIpc) is 2.40. The van der Waals surface area contributed by atoms with Gasteiger partial charge in [-0.05, 0) is 48.9 Å². The maximum Gasteiger partial charge on any atom is 0.251 e. The first-order valence-electron chi connectivity index (χ1n) is 5.91. The van der Waals surface area contributed by atoms with Gasteiger partial charge in [-0.3, -0.25) is 4.79 Å². The number of nitrogens with one attached hydrogen (secondary N) is 1. The van der Waals surface area contributed by atoms with E-state index in [1.165, 1.54) is 24.3 Å². The van der Waals surface area contributed by atoms with Crippen LogP contribution in [0.1, 0.15) is 28.9 Å². The fourth-order valence-electron chi connectivity index (χ4n) is 1.73. The molecule has 2 aromatic carbocycles. The Kier molecular flexibility index (Phi) is 3.80. The molecule has 0 aliphatic rings. The molecule has 1 amide bonds. The number of amides is 1. The van der Waals surface area contributed by atoms with Gasteiger partial charge in [0.1, 0.15) is 11.6 Å². The average molecular weight is 259 g/mol. The van der Waals surface area contributed by atoms with Gasteiger partial charge in [-0.25, -0.2) is 4.39 Å². The molecule has 0 heterocycles. The molecule has 1 atom stereocenters. The molecule has 0 saturated heterocycles. The van der Waals surface area contributed by atoms with Crippen molar-refractivity contribution in [2.75, 3.05) is 0 Å². The minimum absolute atomic E-state index is 0.181. The minimum atomic E-state index is -0.372. The van der Waals surface area contributed by atoms with Crippen LogP contribution in [0.4, 0.5) is 4.39 Å². The molecule has 4 heteroatoms. The van der Waals surface area contributed by atoms with Crippen molar-refractivity contribution >= 4 is 5.91 Å². The fourth-order valence-corrected chi connectivity index (χ4v) is 1.73. The standard InChI is InChI=1S/C15H14FNO2/c1-10(11-4-8-14(18)9-5-11)17-15(19)12-2-6-13(16)7-3-12/h2-10,18H,1H3,(H,17,19)/t10-/m1/s1. The van der Waals surface area contributed by atoms with Crippen LogP contribution in [0, 0.1) is 5.82 Å². The highest BCUT2D eigenvalue weighted by molar-refractivity contribution is 5.94. The Labute approximate surface area is 110 Å². The number of carbonyl (C=O) groups excluding carboxylic acids is 1. The molecule has 0 unspecified atom stereocenters. The van der Waals surface area contributed by atoms with Gasteiger partial charge in [0.15, 0.2) is 0 Å². The van der Waals surface area contributed by atoms with Crippen LogP contribution in [0.5, 0.6) is 5.75 Å². The van der Waals surface area contributed by atoms with Crippen LogP contribution in [0.3, 0.4) is 0 Å². The Hall–Kier alpha value is -2.36. The summed E-state index contributed by atoms with van der Waals surface area (Å²) in [5, 5.41) is 12.0. The zero-order valence-electron chi connectivity index (χ0n) is 10.4. The molecule has 0 saturated carbocycles. The number of halogens is 1. The minimum Gasteiger partial charge on any atom is -0.508 e. The topological polar surface area (TPSA) is 49.3 Å². The molecule has 98 valence electrons. The maximum atomic E-state index is 12.8. The SMILES string of the molecule is C[C@@H](NC(=O)c1ccc(F)cc1)c1ccc(O)cc1. The fraction of sp³-hybridized carbons (Fsp3) is 0.133. The van der Waals surface area contributed by atoms with Gasteiger partial charge in [-0.15, -0.1) is 0 Å². The van der Waals surface area contributed by atoms with Crippen molar-refractivity contribution in [1.29, 1.82) is 0 Å². The van der Waals surface area contributed by atoms with Crippen LogP contribution in [-0.4, -0.2) is 11.0 Å². The highest BCUT2D eigenvalue weighted by atomic mass is 19.1. The quantitative estimate of drug-likeness (QED) is 0.890. The number of phenols is 1. The number of aromatic hydroxyl groups is 1. The zero-order chi connectivity index (χ0) is 13.8. The molecule has 2 aromatic rings. The number of carbonyl (C=O) groups is 1. The third-order valence-corrected chi connectivity index (χ3v) is 2.85. The number of rotatable bonds is 3. The van der Waals surface area contributed by atoms with E-state index in [1.807, 2.05) is 6.92 Å². The number of hydrogen-bond donors (Lipinski definition) is 2. The number of hydrogen-bond acceptors (Lipinski definition) is 2. The predicted octanol–water partition coefficient (Wildman–Crippen LogP) is 3.02. The monoisotopic (exact) mass is 259 g/mol. The molecule has 0 aliphatic carbocycles. The summed E-state index contributed by atoms with van der Waals surface area (Å²) in [5.41, 5.74) is 1.29. The van der Waals surface area contributed by atoms with Crippen molar-refractivity contribution in [1.82, 2.24) is 5.32 Å². The van der Waals surface area contributed by atoms with Gasteiger partial charge in [0, 0.05) is 5.56 Å². The molecular formula is C15H14FNO2. The Morgan fingerprint density at radius 1 is 1.11 bits per heavy atom. The van der Waals surface area contributed by atoms with Gasteiger partial charge < -0.3 is 10.4 Å². The van der Waals surface area contributed by atoms with E-state index in [9.17, 15) is 14.3 Å². The largest absolute Gasteiger partial charge is 0.508 e. The van der Waals surface area contributed by atoms with E-state index in [-0.39, 0.29) is 23.5 Å². The van der Waals surface area contributed by atoms with Crippen LogP contribution in [0.15, 0.2) is 48.5 Å². The van der Waals surface area contributed by atoms with Gasteiger partial charge in [0.25, 0.3) is 5.91 Å². The highest BCUT2D eigenvalue weighted by Gasteiger charge is 2.11. The van der Waals surface area contributed by atoms with Crippen molar-refractivity contribution < 1.29 is 14.3 Å². The van der Waals surface area contributed by atoms with Crippen LogP contribution < -0.4 is 5.32 Å². The van der Waals surface area contributed by atoms with Gasteiger partial charge >= 0.3 is 0 Å². The molecule has 0 fully saturated rings. The summed E-state index contributed by atoms with van der Waals surface area (Å²) in [6.45, 7) is 1.84. The molecule has 3 nitrogen and oxygen atoms in total. The summed E-state index contributed by atoms with van der Waals surface area (Å²) in [5.74, 6) is -0.454. The Balaban J connectivity index is 2.06. The molecule has 0 aliphatic heterocycles. The Morgan fingerprint density at radius 3 is 2.26 bits per heavy atom. The normalized spacial score (nSPS) is 11.9. The molecular weight excluding hydrogens is 245 g/mol. The van der Waals surface area contributed by atoms with Gasteiger partial charge in [-0.1, -0.05) is 12.1 Å². The Morgan fingerprint density at radius 2 is 1.68 bits per heavy atom. The lowest BCUT2D eigenvalue weighted by Crippen LogP contribution is -2.26. The highest BCUT2D eigenvalue weighted by Crippen LogP contribution is 2.17. The van der Waals surface area contributed by atoms with E-state index in [0.717, 1.165) is 5.56 Å². The summed E-state index contributed by atoms with van der Waals surface area (Å²) in [6.07, 6.45) is 0. The van der Waals surface area contributed by atoms with E-state index in [1.54, 1.807) is 24.3 Å². The lowest BCUT2D eigenvalue weighted by atomic mass is 10.1. The van der Waals surface area contributed by atoms with E-state index in [0.29, 0.717) is 5.56 Å². The van der Waals surface area contributed by atoms with E-state index >= 15 is 0 Å². The van der Waals surface area contributed by atoms with Crippen molar-refractivity contribution in [3.8, 4) is 5.75 Å². The molecule has 0 radical (unpaired) electrons. The van der Waals surface area contributed by atoms with Crippen LogP contribution in [0.25, 0.3) is 0 Å². The predicted molar refractivity (Wildman–Crippen MR) is 70.4 cm³/mol. The summed E-state index contributed by atoms with van der Waals surface area (Å²) in [4.78, 5) is 11.9. The summed E-state index contributed by atoms with van der Waals surface area (Å²) in [6, 6.07) is 11.8. The van der Waals surface area contributed by atoms with Gasteiger partial charge in [-0.2, -0.15) is 0 Å². The van der Waals surface area contributed by atoms with Crippen molar-refractivity contribution in [3.63, 3.8) is 0 Å². The van der Waals surface area contributed by atoms with Crippen molar-refractivity contribution in [2.45, 2.75) is 13.0 Å². The van der Waals surface area contributed by atoms with Crippen LogP contribution in [-0.2, 0) is 0 Å². The van der Waals surface area contributed by atoms with E-state index in [4.69, 9.17) is 0 Å². The third kappa shape index (κ3) is 3.31. The second-order valence-electron chi connectivity index (χ2n) is 4.29. The summed E-state index contributed by atoms with van der Waals surface area (Å²) in [7, 11) is 0. The molecule has 2 N–H and O–H groups in total. The molecule has 0 aromatic heterocycles. The lowest BCUT2D eigenvalue weighted by molar-refractivity contribution is 0.0940. The molecule has 0 spiro atoms. The number of phenolic OH excluding ortho intramolecular Hbond substituents is 1. The zero-order valence-corrected chi connectivity index (χ0v) is 10.4. The lowest BCUT2D eigenvalue weighted by Gasteiger charge is -2.14. The first-order valence-corrected chi connectivity index (χ1v) is 5.91. The second kappa shape index (κ2) is 5.52. The Bertz CT molecular complexity index is 564.